The van der Waals surface area contributed by atoms with Crippen LogP contribution < -0.4 is 10.2 Å². The highest BCUT2D eigenvalue weighted by atomic mass is 16.5. The molecule has 2 rings (SSSR count). The Balaban J connectivity index is 1.98. The van der Waals surface area contributed by atoms with Crippen molar-refractivity contribution in [2.24, 2.45) is 0 Å². The molecule has 0 radical (unpaired) electrons. The second-order valence-corrected chi connectivity index (χ2v) is 6.37. The molecule has 1 heterocycles. The zero-order valence-electron chi connectivity index (χ0n) is 14.8. The summed E-state index contributed by atoms with van der Waals surface area (Å²) in [7, 11) is 1.64. The Morgan fingerprint density at radius 3 is 2.57 bits per heavy atom. The van der Waals surface area contributed by atoms with Crippen LogP contribution in [-0.4, -0.2) is 57.4 Å². The van der Waals surface area contributed by atoms with E-state index in [1.807, 2.05) is 4.90 Å². The molecule has 1 aliphatic rings. The van der Waals surface area contributed by atoms with Gasteiger partial charge in [0.15, 0.2) is 0 Å². The molecule has 23 heavy (non-hydrogen) atoms. The SMILES string of the molecule is COCCNC(=O)N1CCN(c2c(C)cccc2C(C)C)CC1. The summed E-state index contributed by atoms with van der Waals surface area (Å²) >= 11 is 0. The predicted octanol–water partition coefficient (Wildman–Crippen LogP) is 2.60. The van der Waals surface area contributed by atoms with Crippen LogP contribution in [0, 0.1) is 6.92 Å². The van der Waals surface area contributed by atoms with Crippen LogP contribution in [0.3, 0.4) is 0 Å². The number of urea groups is 1. The van der Waals surface area contributed by atoms with Gasteiger partial charge in [0.1, 0.15) is 0 Å². The number of anilines is 1. The fraction of sp³-hybridized carbons (Fsp3) is 0.611. The first-order valence-electron chi connectivity index (χ1n) is 8.40. The lowest BCUT2D eigenvalue weighted by molar-refractivity contribution is 0.177. The highest BCUT2D eigenvalue weighted by molar-refractivity contribution is 5.74. The third-order valence-electron chi connectivity index (χ3n) is 4.36. The van der Waals surface area contributed by atoms with Crippen LogP contribution >= 0.6 is 0 Å². The number of aryl methyl sites for hydroxylation is 1. The lowest BCUT2D eigenvalue weighted by atomic mass is 9.97. The average molecular weight is 319 g/mol. The third-order valence-corrected chi connectivity index (χ3v) is 4.36. The number of hydrogen-bond acceptors (Lipinski definition) is 3. The summed E-state index contributed by atoms with van der Waals surface area (Å²) in [5, 5.41) is 2.89. The Hall–Kier alpha value is -1.75. The topological polar surface area (TPSA) is 44.8 Å². The van der Waals surface area contributed by atoms with Crippen LogP contribution in [0.4, 0.5) is 10.5 Å². The molecule has 2 amide bonds. The van der Waals surface area contributed by atoms with Crippen molar-refractivity contribution in [2.75, 3.05) is 51.3 Å². The molecule has 1 aromatic rings. The molecule has 1 saturated heterocycles. The number of hydrogen-bond donors (Lipinski definition) is 1. The van der Waals surface area contributed by atoms with E-state index in [2.05, 4.69) is 49.2 Å². The largest absolute Gasteiger partial charge is 0.383 e. The minimum atomic E-state index is 0.00978. The van der Waals surface area contributed by atoms with Crippen LogP contribution in [0.2, 0.25) is 0 Å². The monoisotopic (exact) mass is 319 g/mol. The number of piperazine rings is 1. The predicted molar refractivity (Wildman–Crippen MR) is 94.3 cm³/mol. The van der Waals surface area contributed by atoms with Gasteiger partial charge < -0.3 is 19.9 Å². The standard InChI is InChI=1S/C18H29N3O2/c1-14(2)16-7-5-6-15(3)17(16)20-9-11-21(12-10-20)18(22)19-8-13-23-4/h5-7,14H,8-13H2,1-4H3,(H,19,22). The van der Waals surface area contributed by atoms with E-state index in [0.29, 0.717) is 19.1 Å². The molecule has 1 aliphatic heterocycles. The molecule has 0 aromatic heterocycles. The maximum Gasteiger partial charge on any atom is 0.317 e. The molecule has 5 nitrogen and oxygen atoms in total. The van der Waals surface area contributed by atoms with Gasteiger partial charge in [-0.25, -0.2) is 4.79 Å². The fourth-order valence-electron chi connectivity index (χ4n) is 3.08. The van der Waals surface area contributed by atoms with Gasteiger partial charge in [0.2, 0.25) is 0 Å². The van der Waals surface area contributed by atoms with Crippen molar-refractivity contribution >= 4 is 11.7 Å². The lowest BCUT2D eigenvalue weighted by Crippen LogP contribution is -2.52. The number of carbonyl (C=O) groups excluding carboxylic acids is 1. The summed E-state index contributed by atoms with van der Waals surface area (Å²) in [6.45, 7) is 11.0. The van der Waals surface area contributed by atoms with E-state index in [0.717, 1.165) is 26.2 Å². The van der Waals surface area contributed by atoms with E-state index in [1.54, 1.807) is 7.11 Å². The lowest BCUT2D eigenvalue weighted by Gasteiger charge is -2.38. The second-order valence-electron chi connectivity index (χ2n) is 6.37. The van der Waals surface area contributed by atoms with Crippen molar-refractivity contribution in [3.63, 3.8) is 0 Å². The molecule has 5 heteroatoms. The van der Waals surface area contributed by atoms with Gasteiger partial charge in [-0.3, -0.25) is 0 Å². The fourth-order valence-corrected chi connectivity index (χ4v) is 3.08. The van der Waals surface area contributed by atoms with Crippen molar-refractivity contribution in [1.82, 2.24) is 10.2 Å². The molecule has 0 saturated carbocycles. The summed E-state index contributed by atoms with van der Waals surface area (Å²) in [4.78, 5) is 16.4. The summed E-state index contributed by atoms with van der Waals surface area (Å²) < 4.78 is 4.96. The Kier molecular flexibility index (Phi) is 6.28. The third kappa shape index (κ3) is 4.38. The van der Waals surface area contributed by atoms with Crippen LogP contribution in [0.1, 0.15) is 30.9 Å². The summed E-state index contributed by atoms with van der Waals surface area (Å²) in [6.07, 6.45) is 0. The van der Waals surface area contributed by atoms with Crippen LogP contribution in [0.25, 0.3) is 0 Å². The Bertz CT molecular complexity index is 523. The molecular weight excluding hydrogens is 290 g/mol. The Morgan fingerprint density at radius 1 is 1.26 bits per heavy atom. The summed E-state index contributed by atoms with van der Waals surface area (Å²) in [6, 6.07) is 6.53. The number of amides is 2. The van der Waals surface area contributed by atoms with Gasteiger partial charge in [-0.1, -0.05) is 32.0 Å². The summed E-state index contributed by atoms with van der Waals surface area (Å²) in [5.41, 5.74) is 4.05. The van der Waals surface area contributed by atoms with Crippen molar-refractivity contribution < 1.29 is 9.53 Å². The molecule has 0 aliphatic carbocycles. The average Bonchev–Trinajstić information content (AvgIpc) is 2.55. The molecule has 128 valence electrons. The highest BCUT2D eigenvalue weighted by Gasteiger charge is 2.23. The maximum absolute atomic E-state index is 12.1. The van der Waals surface area contributed by atoms with Crippen molar-refractivity contribution in [3.8, 4) is 0 Å². The van der Waals surface area contributed by atoms with E-state index in [1.165, 1.54) is 16.8 Å². The molecule has 1 aromatic carbocycles. The van der Waals surface area contributed by atoms with E-state index in [9.17, 15) is 4.79 Å². The number of ether oxygens (including phenoxy) is 1. The number of carbonyl (C=O) groups is 1. The second kappa shape index (κ2) is 8.20. The first kappa shape index (κ1) is 17.6. The van der Waals surface area contributed by atoms with E-state index < -0.39 is 0 Å². The van der Waals surface area contributed by atoms with E-state index >= 15 is 0 Å². The number of para-hydroxylation sites is 1. The number of rotatable bonds is 5. The zero-order chi connectivity index (χ0) is 16.8. The zero-order valence-corrected chi connectivity index (χ0v) is 14.8. The Labute approximate surface area is 139 Å². The van der Waals surface area contributed by atoms with Gasteiger partial charge >= 0.3 is 6.03 Å². The number of nitrogens with zero attached hydrogens (tertiary/aromatic N) is 2. The van der Waals surface area contributed by atoms with E-state index in [-0.39, 0.29) is 6.03 Å². The first-order chi connectivity index (χ1) is 11.0. The minimum absolute atomic E-state index is 0.00978. The quantitative estimate of drug-likeness (QED) is 0.849. The van der Waals surface area contributed by atoms with Gasteiger partial charge in [0.25, 0.3) is 0 Å². The van der Waals surface area contributed by atoms with E-state index in [4.69, 9.17) is 4.74 Å². The van der Waals surface area contributed by atoms with Gasteiger partial charge in [-0.15, -0.1) is 0 Å². The molecule has 1 N–H and O–H groups in total. The smallest absolute Gasteiger partial charge is 0.317 e. The molecule has 0 unspecified atom stereocenters. The molecule has 0 spiro atoms. The van der Waals surface area contributed by atoms with Crippen LogP contribution in [0.5, 0.6) is 0 Å². The molecule has 0 bridgehead atoms. The first-order valence-corrected chi connectivity index (χ1v) is 8.40. The highest BCUT2D eigenvalue weighted by Crippen LogP contribution is 2.31. The maximum atomic E-state index is 12.1. The Morgan fingerprint density at radius 2 is 1.96 bits per heavy atom. The molecular formula is C18H29N3O2. The van der Waals surface area contributed by atoms with Crippen LogP contribution in [0.15, 0.2) is 18.2 Å². The number of nitrogens with one attached hydrogen (secondary N) is 1. The van der Waals surface area contributed by atoms with Crippen molar-refractivity contribution in [2.45, 2.75) is 26.7 Å². The van der Waals surface area contributed by atoms with Crippen molar-refractivity contribution in [1.29, 1.82) is 0 Å². The van der Waals surface area contributed by atoms with Gasteiger partial charge in [0, 0.05) is 45.5 Å². The number of benzene rings is 1. The minimum Gasteiger partial charge on any atom is -0.383 e. The van der Waals surface area contributed by atoms with Crippen LogP contribution in [-0.2, 0) is 4.74 Å². The normalized spacial score (nSPS) is 15.2. The molecule has 1 fully saturated rings. The van der Waals surface area contributed by atoms with Gasteiger partial charge in [0.05, 0.1) is 6.61 Å². The summed E-state index contributed by atoms with van der Waals surface area (Å²) in [5.74, 6) is 0.500. The van der Waals surface area contributed by atoms with Crippen molar-refractivity contribution in [3.05, 3.63) is 29.3 Å². The number of methoxy groups -OCH3 is 1. The molecule has 0 atom stereocenters. The van der Waals surface area contributed by atoms with Gasteiger partial charge in [-0.05, 0) is 24.0 Å². The van der Waals surface area contributed by atoms with Gasteiger partial charge in [-0.2, -0.15) is 0 Å².